The van der Waals surface area contributed by atoms with Crippen molar-refractivity contribution in [1.82, 2.24) is 0 Å². The lowest BCUT2D eigenvalue weighted by Gasteiger charge is -2.19. The van der Waals surface area contributed by atoms with Crippen LogP contribution >= 0.6 is 0 Å². The van der Waals surface area contributed by atoms with Gasteiger partial charge in [-0.15, -0.1) is 0 Å². The number of fused-ring (bicyclic) bond motifs is 1. The molecule has 2 atom stereocenters. The van der Waals surface area contributed by atoms with Crippen LogP contribution in [-0.2, 0) is 0 Å². The lowest BCUT2D eigenvalue weighted by molar-refractivity contribution is 0.312. The topological polar surface area (TPSA) is 35.2 Å². The number of para-hydroxylation sites is 1. The number of nitrogens with two attached hydrogens (primary N) is 1. The molecule has 2 aromatic carbocycles. The van der Waals surface area contributed by atoms with E-state index in [1.54, 1.807) is 0 Å². The van der Waals surface area contributed by atoms with Crippen molar-refractivity contribution in [2.75, 3.05) is 6.61 Å². The molecule has 0 saturated carbocycles. The average molecular weight is 261 g/mol. The highest BCUT2D eigenvalue weighted by molar-refractivity contribution is 5.42. The van der Waals surface area contributed by atoms with E-state index >= 15 is 0 Å². The van der Waals surface area contributed by atoms with Gasteiger partial charge in [-0.05, 0) is 12.1 Å². The van der Waals surface area contributed by atoms with Crippen LogP contribution in [0.15, 0.2) is 42.5 Å². The molecule has 2 N–H and O–H groups in total. The van der Waals surface area contributed by atoms with Crippen LogP contribution in [0.5, 0.6) is 5.75 Å². The Bertz CT molecular complexity index is 615. The minimum absolute atomic E-state index is 0.160. The molecule has 0 aliphatic carbocycles. The molecule has 98 valence electrons. The van der Waals surface area contributed by atoms with Crippen molar-refractivity contribution in [3.05, 3.63) is 65.2 Å². The molecule has 19 heavy (non-hydrogen) atoms. The van der Waals surface area contributed by atoms with E-state index in [-0.39, 0.29) is 11.5 Å². The molecule has 0 saturated heterocycles. The van der Waals surface area contributed by atoms with Crippen LogP contribution in [-0.4, -0.2) is 6.61 Å². The molecule has 0 fully saturated rings. The molecule has 0 bridgehead atoms. The maximum absolute atomic E-state index is 13.8. The van der Waals surface area contributed by atoms with Crippen LogP contribution in [0.25, 0.3) is 0 Å². The van der Waals surface area contributed by atoms with Crippen molar-refractivity contribution in [2.24, 2.45) is 5.73 Å². The summed E-state index contributed by atoms with van der Waals surface area (Å²) in [6.45, 7) is 0.385. The zero-order valence-corrected chi connectivity index (χ0v) is 10.1. The van der Waals surface area contributed by atoms with E-state index in [1.165, 1.54) is 12.1 Å². The van der Waals surface area contributed by atoms with Crippen molar-refractivity contribution in [3.8, 4) is 5.75 Å². The predicted octanol–water partition coefficient (Wildman–Crippen LogP) is 3.14. The van der Waals surface area contributed by atoms with Crippen LogP contribution in [0.2, 0.25) is 0 Å². The van der Waals surface area contributed by atoms with E-state index in [1.807, 2.05) is 24.3 Å². The Morgan fingerprint density at radius 2 is 1.89 bits per heavy atom. The highest BCUT2D eigenvalue weighted by atomic mass is 19.2. The Morgan fingerprint density at radius 3 is 2.74 bits per heavy atom. The zero-order valence-electron chi connectivity index (χ0n) is 10.1. The van der Waals surface area contributed by atoms with Crippen molar-refractivity contribution >= 4 is 0 Å². The number of ether oxygens (including phenoxy) is 1. The van der Waals surface area contributed by atoms with Crippen molar-refractivity contribution in [3.63, 3.8) is 0 Å². The SMILES string of the molecule is NC(c1cccc(F)c1F)C1COc2ccccc21. The fourth-order valence-electron chi connectivity index (χ4n) is 2.48. The van der Waals surface area contributed by atoms with Gasteiger partial charge >= 0.3 is 0 Å². The number of hydrogen-bond donors (Lipinski definition) is 1. The normalized spacial score (nSPS) is 18.8. The van der Waals surface area contributed by atoms with Crippen LogP contribution < -0.4 is 10.5 Å². The number of halogens is 2. The summed E-state index contributed by atoms with van der Waals surface area (Å²) >= 11 is 0. The zero-order chi connectivity index (χ0) is 13.4. The van der Waals surface area contributed by atoms with Gasteiger partial charge in [0, 0.05) is 23.1 Å². The Morgan fingerprint density at radius 1 is 1.11 bits per heavy atom. The van der Waals surface area contributed by atoms with E-state index < -0.39 is 17.7 Å². The van der Waals surface area contributed by atoms with Gasteiger partial charge in [-0.3, -0.25) is 0 Å². The number of hydrogen-bond acceptors (Lipinski definition) is 2. The summed E-state index contributed by atoms with van der Waals surface area (Å²) in [5.41, 5.74) is 7.23. The largest absolute Gasteiger partial charge is 0.493 e. The molecule has 0 amide bonds. The first-order chi connectivity index (χ1) is 9.18. The Hall–Kier alpha value is -1.94. The third kappa shape index (κ3) is 1.98. The first-order valence-corrected chi connectivity index (χ1v) is 6.09. The second-order valence-corrected chi connectivity index (χ2v) is 4.62. The highest BCUT2D eigenvalue weighted by Gasteiger charge is 2.31. The summed E-state index contributed by atoms with van der Waals surface area (Å²) in [6.07, 6.45) is 0. The third-order valence-corrected chi connectivity index (χ3v) is 3.51. The third-order valence-electron chi connectivity index (χ3n) is 3.51. The molecule has 1 aliphatic heterocycles. The second-order valence-electron chi connectivity index (χ2n) is 4.62. The van der Waals surface area contributed by atoms with Gasteiger partial charge in [-0.2, -0.15) is 0 Å². The standard InChI is InChI=1S/C15H13F2NO/c16-12-6-3-5-10(14(12)17)15(18)11-8-19-13-7-2-1-4-9(11)13/h1-7,11,15H,8,18H2. The summed E-state index contributed by atoms with van der Waals surface area (Å²) in [4.78, 5) is 0. The van der Waals surface area contributed by atoms with Crippen molar-refractivity contribution < 1.29 is 13.5 Å². The monoisotopic (exact) mass is 261 g/mol. The van der Waals surface area contributed by atoms with Crippen LogP contribution in [0.1, 0.15) is 23.1 Å². The van der Waals surface area contributed by atoms with Crippen molar-refractivity contribution in [2.45, 2.75) is 12.0 Å². The van der Waals surface area contributed by atoms with Gasteiger partial charge in [0.25, 0.3) is 0 Å². The fourth-order valence-corrected chi connectivity index (χ4v) is 2.48. The quantitative estimate of drug-likeness (QED) is 0.901. The lowest BCUT2D eigenvalue weighted by Crippen LogP contribution is -2.22. The Kier molecular flexibility index (Phi) is 2.95. The number of rotatable bonds is 2. The molecule has 3 rings (SSSR count). The van der Waals surface area contributed by atoms with Crippen LogP contribution in [0, 0.1) is 11.6 Å². The molecular weight excluding hydrogens is 248 g/mol. The molecular formula is C15H13F2NO. The van der Waals surface area contributed by atoms with E-state index in [0.717, 1.165) is 17.4 Å². The van der Waals surface area contributed by atoms with E-state index in [4.69, 9.17) is 10.5 Å². The maximum atomic E-state index is 13.8. The van der Waals surface area contributed by atoms with Gasteiger partial charge < -0.3 is 10.5 Å². The Labute approximate surface area is 109 Å². The fraction of sp³-hybridized carbons (Fsp3) is 0.200. The smallest absolute Gasteiger partial charge is 0.163 e. The molecule has 0 radical (unpaired) electrons. The van der Waals surface area contributed by atoms with Crippen molar-refractivity contribution in [1.29, 1.82) is 0 Å². The first kappa shape index (κ1) is 12.1. The predicted molar refractivity (Wildman–Crippen MR) is 68.0 cm³/mol. The van der Waals surface area contributed by atoms with Gasteiger partial charge in [0.15, 0.2) is 11.6 Å². The lowest BCUT2D eigenvalue weighted by atomic mass is 9.89. The molecule has 4 heteroatoms. The summed E-state index contributed by atoms with van der Waals surface area (Å²) in [7, 11) is 0. The average Bonchev–Trinajstić information content (AvgIpc) is 2.85. The van der Waals surface area contributed by atoms with Gasteiger partial charge in [0.1, 0.15) is 5.75 Å². The van der Waals surface area contributed by atoms with Crippen LogP contribution in [0.4, 0.5) is 8.78 Å². The minimum atomic E-state index is -0.876. The molecule has 0 aromatic heterocycles. The van der Waals surface area contributed by atoms with Gasteiger partial charge in [-0.1, -0.05) is 30.3 Å². The molecule has 2 aromatic rings. The Balaban J connectivity index is 1.98. The number of benzene rings is 2. The molecule has 2 nitrogen and oxygen atoms in total. The summed E-state index contributed by atoms with van der Waals surface area (Å²) in [5, 5.41) is 0. The van der Waals surface area contributed by atoms with Gasteiger partial charge in [-0.25, -0.2) is 8.78 Å². The maximum Gasteiger partial charge on any atom is 0.163 e. The van der Waals surface area contributed by atoms with E-state index in [2.05, 4.69) is 0 Å². The highest BCUT2D eigenvalue weighted by Crippen LogP contribution is 2.40. The van der Waals surface area contributed by atoms with Gasteiger partial charge in [0.05, 0.1) is 6.61 Å². The molecule has 1 heterocycles. The van der Waals surface area contributed by atoms with Gasteiger partial charge in [0.2, 0.25) is 0 Å². The second kappa shape index (κ2) is 4.63. The summed E-state index contributed by atoms with van der Waals surface area (Å²) < 4.78 is 32.6. The van der Waals surface area contributed by atoms with Crippen LogP contribution in [0.3, 0.4) is 0 Å². The van der Waals surface area contributed by atoms with E-state index in [9.17, 15) is 8.78 Å². The molecule has 1 aliphatic rings. The molecule has 2 unspecified atom stereocenters. The summed E-state index contributed by atoms with van der Waals surface area (Å²) in [6, 6.07) is 11.0. The summed E-state index contributed by atoms with van der Waals surface area (Å²) in [5.74, 6) is -1.15. The van der Waals surface area contributed by atoms with E-state index in [0.29, 0.717) is 6.61 Å². The molecule has 0 spiro atoms. The first-order valence-electron chi connectivity index (χ1n) is 6.09. The minimum Gasteiger partial charge on any atom is -0.493 e.